The maximum Gasteiger partial charge on any atom is 0.347 e. The van der Waals surface area contributed by atoms with Gasteiger partial charge >= 0.3 is 5.97 Å². The zero-order chi connectivity index (χ0) is 26.0. The van der Waals surface area contributed by atoms with Crippen molar-refractivity contribution in [3.63, 3.8) is 0 Å². The molecule has 0 amide bonds. The van der Waals surface area contributed by atoms with E-state index in [0.717, 1.165) is 16.9 Å². The molecule has 0 fully saturated rings. The van der Waals surface area contributed by atoms with Crippen LogP contribution in [0.15, 0.2) is 41.3 Å². The molecule has 2 aromatic heterocycles. The summed E-state index contributed by atoms with van der Waals surface area (Å²) in [6, 6.07) is 9.57. The summed E-state index contributed by atoms with van der Waals surface area (Å²) >= 11 is 0.975. The minimum atomic E-state index is -3.79. The third-order valence-corrected chi connectivity index (χ3v) is 7.11. The average molecular weight is 531 g/mol. The van der Waals surface area contributed by atoms with E-state index in [0.29, 0.717) is 45.6 Å². The number of rotatable bonds is 9. The quantitative estimate of drug-likeness (QED) is 0.250. The number of aromatic carboxylic acids is 1. The van der Waals surface area contributed by atoms with Crippen LogP contribution in [0.3, 0.4) is 0 Å². The van der Waals surface area contributed by atoms with E-state index in [4.69, 9.17) is 14.6 Å². The number of methoxy groups -OCH3 is 2. The lowest BCUT2D eigenvalue weighted by Gasteiger charge is -2.14. The molecule has 0 unspecified atom stereocenters. The molecule has 188 valence electrons. The van der Waals surface area contributed by atoms with E-state index in [1.54, 1.807) is 31.2 Å². The number of aryl methyl sites for hydroxylation is 1. The van der Waals surface area contributed by atoms with Gasteiger partial charge in [-0.1, -0.05) is 23.5 Å². The van der Waals surface area contributed by atoms with Crippen molar-refractivity contribution >= 4 is 55.1 Å². The van der Waals surface area contributed by atoms with Gasteiger partial charge in [0.15, 0.2) is 16.6 Å². The highest BCUT2D eigenvalue weighted by molar-refractivity contribution is 7.89. The number of carboxylic acid groups (broad SMARTS) is 1. The monoisotopic (exact) mass is 530 g/mol. The van der Waals surface area contributed by atoms with Gasteiger partial charge in [0, 0.05) is 18.0 Å². The average Bonchev–Trinajstić information content (AvgIpc) is 3.21. The molecule has 4 rings (SSSR count). The van der Waals surface area contributed by atoms with Crippen LogP contribution >= 0.6 is 11.3 Å². The van der Waals surface area contributed by atoms with Gasteiger partial charge in [-0.2, -0.15) is 4.98 Å². The standard InChI is InChI=1S/C22H22N6O6S2/c1-11-18(20(29)30)35-22(25-11)28-21-26-15-9-17(34-3)16(33-2)8-14(15)19(27-21)24-10-12-4-6-13(7-5-12)36(23,31)32/h4-9H,10H2,1-3H3,(H,29,30)(H2,23,31,32)(H2,24,25,26,27,28). The number of fused-ring (bicyclic) bond motifs is 1. The van der Waals surface area contributed by atoms with Crippen LogP contribution in [-0.4, -0.2) is 48.7 Å². The summed E-state index contributed by atoms with van der Waals surface area (Å²) in [6.07, 6.45) is 0. The van der Waals surface area contributed by atoms with Gasteiger partial charge in [0.2, 0.25) is 16.0 Å². The first-order valence-electron chi connectivity index (χ1n) is 10.4. The second kappa shape index (κ2) is 9.93. The van der Waals surface area contributed by atoms with Crippen LogP contribution in [-0.2, 0) is 16.6 Å². The number of nitrogens with two attached hydrogens (primary N) is 1. The van der Waals surface area contributed by atoms with Gasteiger partial charge in [-0.3, -0.25) is 5.32 Å². The normalized spacial score (nSPS) is 11.3. The number of anilines is 3. The van der Waals surface area contributed by atoms with Crippen LogP contribution in [0.2, 0.25) is 0 Å². The highest BCUT2D eigenvalue weighted by Gasteiger charge is 2.17. The molecule has 14 heteroatoms. The minimum Gasteiger partial charge on any atom is -0.493 e. The molecule has 5 N–H and O–H groups in total. The van der Waals surface area contributed by atoms with E-state index < -0.39 is 16.0 Å². The number of sulfonamides is 1. The maximum absolute atomic E-state index is 11.5. The molecule has 0 aliphatic carbocycles. The second-order valence-electron chi connectivity index (χ2n) is 7.53. The molecule has 36 heavy (non-hydrogen) atoms. The van der Waals surface area contributed by atoms with Crippen LogP contribution in [0, 0.1) is 6.92 Å². The number of primary sulfonamides is 1. The number of hydrogen-bond acceptors (Lipinski definition) is 11. The fraction of sp³-hybridized carbons (Fsp3) is 0.182. The number of carbonyl (C=O) groups is 1. The zero-order valence-corrected chi connectivity index (χ0v) is 21.0. The number of nitrogens with one attached hydrogen (secondary N) is 2. The second-order valence-corrected chi connectivity index (χ2v) is 10.1. The van der Waals surface area contributed by atoms with E-state index in [-0.39, 0.29) is 15.7 Å². The SMILES string of the molecule is COc1cc2nc(Nc3nc(C)c(C(=O)O)s3)nc(NCc3ccc(S(N)(=O)=O)cc3)c2cc1OC. The summed E-state index contributed by atoms with van der Waals surface area (Å²) in [6.45, 7) is 1.92. The molecule has 0 aliphatic rings. The van der Waals surface area contributed by atoms with Gasteiger partial charge in [0.05, 0.1) is 30.3 Å². The Labute approximate surface area is 210 Å². The number of aromatic nitrogens is 3. The van der Waals surface area contributed by atoms with E-state index >= 15 is 0 Å². The summed E-state index contributed by atoms with van der Waals surface area (Å²) in [7, 11) is -0.755. The summed E-state index contributed by atoms with van der Waals surface area (Å²) < 4.78 is 33.8. The van der Waals surface area contributed by atoms with Gasteiger partial charge in [0.1, 0.15) is 10.7 Å². The zero-order valence-electron chi connectivity index (χ0n) is 19.4. The number of carboxylic acids is 1. The lowest BCUT2D eigenvalue weighted by Crippen LogP contribution is -2.12. The van der Waals surface area contributed by atoms with Crippen molar-refractivity contribution in [3.8, 4) is 11.5 Å². The number of ether oxygens (including phenoxy) is 2. The number of thiazole rings is 1. The molecule has 0 radical (unpaired) electrons. The van der Waals surface area contributed by atoms with Crippen LogP contribution in [0.25, 0.3) is 10.9 Å². The molecule has 0 atom stereocenters. The number of benzene rings is 2. The summed E-state index contributed by atoms with van der Waals surface area (Å²) in [4.78, 5) is 24.8. The molecule has 0 spiro atoms. The van der Waals surface area contributed by atoms with Crippen LogP contribution < -0.4 is 25.2 Å². The van der Waals surface area contributed by atoms with Crippen molar-refractivity contribution in [1.82, 2.24) is 15.0 Å². The summed E-state index contributed by atoms with van der Waals surface area (Å²) in [5, 5.41) is 21.6. The fourth-order valence-electron chi connectivity index (χ4n) is 3.37. The molecule has 0 saturated heterocycles. The first kappa shape index (κ1) is 25.1. The Kier molecular flexibility index (Phi) is 6.92. The summed E-state index contributed by atoms with van der Waals surface area (Å²) in [5.41, 5.74) is 1.69. The molecule has 12 nitrogen and oxygen atoms in total. The highest BCUT2D eigenvalue weighted by atomic mass is 32.2. The molecule has 2 heterocycles. The Bertz CT molecular complexity index is 1550. The van der Waals surface area contributed by atoms with Gasteiger partial charge in [0.25, 0.3) is 0 Å². The van der Waals surface area contributed by atoms with Crippen molar-refractivity contribution in [2.24, 2.45) is 5.14 Å². The van der Waals surface area contributed by atoms with Crippen LogP contribution in [0.4, 0.5) is 16.9 Å². The van der Waals surface area contributed by atoms with Gasteiger partial charge in [-0.25, -0.2) is 28.3 Å². The van der Waals surface area contributed by atoms with E-state index in [1.807, 2.05) is 0 Å². The molecule has 4 aromatic rings. The smallest absolute Gasteiger partial charge is 0.347 e. The van der Waals surface area contributed by atoms with Crippen molar-refractivity contribution in [2.45, 2.75) is 18.4 Å². The Balaban J connectivity index is 1.71. The predicted molar refractivity (Wildman–Crippen MR) is 135 cm³/mol. The Hall–Kier alpha value is -4.01. The van der Waals surface area contributed by atoms with E-state index in [2.05, 4.69) is 25.6 Å². The Morgan fingerprint density at radius 2 is 1.75 bits per heavy atom. The topological polar surface area (TPSA) is 179 Å². The molecule has 0 bridgehead atoms. The third kappa shape index (κ3) is 5.30. The Morgan fingerprint density at radius 3 is 2.33 bits per heavy atom. The van der Waals surface area contributed by atoms with Crippen LogP contribution in [0.5, 0.6) is 11.5 Å². The predicted octanol–water partition coefficient (Wildman–Crippen LogP) is 3.11. The van der Waals surface area contributed by atoms with Gasteiger partial charge in [-0.05, 0) is 30.7 Å². The lowest BCUT2D eigenvalue weighted by atomic mass is 10.2. The molecule has 2 aromatic carbocycles. The number of hydrogen-bond donors (Lipinski definition) is 4. The molecular weight excluding hydrogens is 508 g/mol. The van der Waals surface area contributed by atoms with Crippen LogP contribution in [0.1, 0.15) is 20.9 Å². The van der Waals surface area contributed by atoms with Crippen molar-refractivity contribution in [2.75, 3.05) is 24.9 Å². The van der Waals surface area contributed by atoms with E-state index in [1.165, 1.54) is 26.4 Å². The van der Waals surface area contributed by atoms with E-state index in [9.17, 15) is 18.3 Å². The third-order valence-electron chi connectivity index (χ3n) is 5.12. The highest BCUT2D eigenvalue weighted by Crippen LogP contribution is 2.35. The van der Waals surface area contributed by atoms with Gasteiger partial charge in [-0.15, -0.1) is 0 Å². The summed E-state index contributed by atoms with van der Waals surface area (Å²) in [5.74, 6) is 0.525. The van der Waals surface area contributed by atoms with Crippen molar-refractivity contribution < 1.29 is 27.8 Å². The first-order valence-corrected chi connectivity index (χ1v) is 12.7. The molecule has 0 saturated carbocycles. The molecule has 0 aliphatic heterocycles. The number of nitrogens with zero attached hydrogens (tertiary/aromatic N) is 3. The first-order chi connectivity index (χ1) is 17.1. The van der Waals surface area contributed by atoms with Crippen molar-refractivity contribution in [1.29, 1.82) is 0 Å². The van der Waals surface area contributed by atoms with Gasteiger partial charge < -0.3 is 19.9 Å². The minimum absolute atomic E-state index is 0.0153. The fourth-order valence-corrected chi connectivity index (χ4v) is 4.69. The molecular formula is C22H22N6O6S2. The largest absolute Gasteiger partial charge is 0.493 e. The van der Waals surface area contributed by atoms with Crippen molar-refractivity contribution in [3.05, 3.63) is 52.5 Å². The Morgan fingerprint density at radius 1 is 1.08 bits per heavy atom. The maximum atomic E-state index is 11.5. The lowest BCUT2D eigenvalue weighted by molar-refractivity contribution is 0.0701.